The molecule has 3 heteroatoms. The molecule has 1 fully saturated rings. The van der Waals surface area contributed by atoms with Gasteiger partial charge in [-0.25, -0.2) is 0 Å². The third kappa shape index (κ3) is 4.40. The van der Waals surface area contributed by atoms with Gasteiger partial charge in [-0.05, 0) is 71.1 Å². The second-order valence-corrected chi connectivity index (χ2v) is 8.67. The number of hydrogen-bond acceptors (Lipinski definition) is 2. The van der Waals surface area contributed by atoms with E-state index in [0.717, 1.165) is 28.4 Å². The van der Waals surface area contributed by atoms with Crippen molar-refractivity contribution in [2.75, 3.05) is 0 Å². The average Bonchev–Trinajstić information content (AvgIpc) is 2.23. The summed E-state index contributed by atoms with van der Waals surface area (Å²) in [4.78, 5) is 12.6. The van der Waals surface area contributed by atoms with Crippen molar-refractivity contribution < 1.29 is 4.79 Å². The van der Waals surface area contributed by atoms with E-state index in [1.807, 2.05) is 25.1 Å². The molecular weight excluding hydrogens is 326 g/mol. The van der Waals surface area contributed by atoms with Gasteiger partial charge in [-0.1, -0.05) is 22.0 Å². The second-order valence-electron chi connectivity index (χ2n) is 7.75. The highest BCUT2D eigenvalue weighted by Gasteiger charge is 2.38. The zero-order valence-electron chi connectivity index (χ0n) is 13.7. The van der Waals surface area contributed by atoms with Crippen LogP contribution in [0.1, 0.15) is 62.9 Å². The third-order valence-corrected chi connectivity index (χ3v) is 4.73. The van der Waals surface area contributed by atoms with Crippen LogP contribution in [0, 0.1) is 12.8 Å². The van der Waals surface area contributed by atoms with Crippen molar-refractivity contribution >= 4 is 21.7 Å². The minimum absolute atomic E-state index is 0.0987. The van der Waals surface area contributed by atoms with Crippen molar-refractivity contribution in [3.8, 4) is 0 Å². The van der Waals surface area contributed by atoms with Crippen molar-refractivity contribution in [1.82, 2.24) is 5.32 Å². The molecule has 1 saturated heterocycles. The van der Waals surface area contributed by atoms with Gasteiger partial charge in [0.15, 0.2) is 5.78 Å². The fourth-order valence-electron chi connectivity index (χ4n) is 3.99. The number of rotatable bonds is 3. The van der Waals surface area contributed by atoms with Gasteiger partial charge in [-0.2, -0.15) is 0 Å². The Kier molecular flexibility index (Phi) is 4.65. The normalized spacial score (nSPS) is 21.2. The lowest BCUT2D eigenvalue weighted by Gasteiger charge is -2.46. The molecule has 0 saturated carbocycles. The number of halogens is 1. The molecule has 0 atom stereocenters. The Morgan fingerprint density at radius 3 is 2.33 bits per heavy atom. The van der Waals surface area contributed by atoms with Crippen LogP contribution in [0.3, 0.4) is 0 Å². The number of benzene rings is 1. The summed E-state index contributed by atoms with van der Waals surface area (Å²) in [6, 6.07) is 5.92. The number of carbonyl (C=O) groups is 1. The standard InChI is InChI=1S/C18H26BrNO/c1-12-8-14(19)6-7-15(12)16(21)9-13-10-17(2,3)20-18(4,5)11-13/h6-8,13,20H,9-11H2,1-5H3. The quantitative estimate of drug-likeness (QED) is 0.785. The first-order valence-corrected chi connectivity index (χ1v) is 8.46. The van der Waals surface area contributed by atoms with Crippen LogP contribution in [0.4, 0.5) is 0 Å². The number of Topliss-reactive ketones (excluding diaryl/α,β-unsaturated/α-hetero) is 1. The molecule has 21 heavy (non-hydrogen) atoms. The highest BCUT2D eigenvalue weighted by atomic mass is 79.9. The topological polar surface area (TPSA) is 29.1 Å². The summed E-state index contributed by atoms with van der Waals surface area (Å²) in [5.41, 5.74) is 2.12. The molecule has 0 amide bonds. The van der Waals surface area contributed by atoms with Gasteiger partial charge >= 0.3 is 0 Å². The maximum Gasteiger partial charge on any atom is 0.163 e. The van der Waals surface area contributed by atoms with Gasteiger partial charge < -0.3 is 5.32 Å². The van der Waals surface area contributed by atoms with Crippen LogP contribution in [0.25, 0.3) is 0 Å². The summed E-state index contributed by atoms with van der Waals surface area (Å²) >= 11 is 3.45. The lowest BCUT2D eigenvalue weighted by atomic mass is 9.73. The lowest BCUT2D eigenvalue weighted by molar-refractivity contribution is 0.0864. The second kappa shape index (κ2) is 5.85. The van der Waals surface area contributed by atoms with Gasteiger partial charge in [-0.15, -0.1) is 0 Å². The molecule has 1 heterocycles. The number of hydrogen-bond donors (Lipinski definition) is 1. The van der Waals surface area contributed by atoms with E-state index in [1.54, 1.807) is 0 Å². The molecule has 1 aliphatic heterocycles. The summed E-state index contributed by atoms with van der Waals surface area (Å²) in [7, 11) is 0. The molecule has 1 aromatic rings. The third-order valence-electron chi connectivity index (χ3n) is 4.24. The summed E-state index contributed by atoms with van der Waals surface area (Å²) in [6.07, 6.45) is 2.76. The highest BCUT2D eigenvalue weighted by molar-refractivity contribution is 9.10. The van der Waals surface area contributed by atoms with Crippen molar-refractivity contribution in [3.63, 3.8) is 0 Å². The van der Waals surface area contributed by atoms with E-state index >= 15 is 0 Å². The van der Waals surface area contributed by atoms with Crippen LogP contribution >= 0.6 is 15.9 Å². The monoisotopic (exact) mass is 351 g/mol. The Morgan fingerprint density at radius 2 is 1.81 bits per heavy atom. The van der Waals surface area contributed by atoms with Crippen molar-refractivity contribution in [2.24, 2.45) is 5.92 Å². The first-order chi connectivity index (χ1) is 9.58. The molecule has 116 valence electrons. The van der Waals surface area contributed by atoms with Gasteiger partial charge in [0.2, 0.25) is 0 Å². The van der Waals surface area contributed by atoms with Crippen LogP contribution in [0.15, 0.2) is 22.7 Å². The molecule has 2 rings (SSSR count). The Labute approximate surface area is 136 Å². The molecule has 1 aromatic carbocycles. The lowest BCUT2D eigenvalue weighted by Crippen LogP contribution is -2.57. The van der Waals surface area contributed by atoms with Gasteiger partial charge in [0.05, 0.1) is 0 Å². The SMILES string of the molecule is Cc1cc(Br)ccc1C(=O)CC1CC(C)(C)NC(C)(C)C1. The Morgan fingerprint density at radius 1 is 1.24 bits per heavy atom. The molecule has 2 nitrogen and oxygen atoms in total. The Hall–Kier alpha value is -0.670. The van der Waals surface area contributed by atoms with Gasteiger partial charge in [0.1, 0.15) is 0 Å². The summed E-state index contributed by atoms with van der Waals surface area (Å²) in [5, 5.41) is 3.68. The highest BCUT2D eigenvalue weighted by Crippen LogP contribution is 2.35. The van der Waals surface area contributed by atoms with Crippen LogP contribution in [0.5, 0.6) is 0 Å². The van der Waals surface area contributed by atoms with E-state index in [4.69, 9.17) is 0 Å². The molecule has 0 bridgehead atoms. The average molecular weight is 352 g/mol. The minimum atomic E-state index is 0.0987. The molecule has 0 aliphatic carbocycles. The molecule has 1 N–H and O–H groups in total. The van der Waals surface area contributed by atoms with Gasteiger partial charge in [-0.3, -0.25) is 4.79 Å². The number of ketones is 1. The van der Waals surface area contributed by atoms with E-state index in [2.05, 4.69) is 48.9 Å². The largest absolute Gasteiger partial charge is 0.307 e. The zero-order valence-corrected chi connectivity index (χ0v) is 15.3. The van der Waals surface area contributed by atoms with E-state index in [1.165, 1.54) is 0 Å². The van der Waals surface area contributed by atoms with Gasteiger partial charge in [0, 0.05) is 27.5 Å². The smallest absolute Gasteiger partial charge is 0.163 e. The number of nitrogens with one attached hydrogen (secondary N) is 1. The van der Waals surface area contributed by atoms with E-state index < -0.39 is 0 Å². The molecule has 1 aliphatic rings. The number of piperidine rings is 1. The Bertz CT molecular complexity index is 532. The maximum absolute atomic E-state index is 12.6. The van der Waals surface area contributed by atoms with Crippen LogP contribution < -0.4 is 5.32 Å². The number of carbonyl (C=O) groups excluding carboxylic acids is 1. The summed E-state index contributed by atoms with van der Waals surface area (Å²) in [6.45, 7) is 10.9. The van der Waals surface area contributed by atoms with E-state index in [9.17, 15) is 4.79 Å². The van der Waals surface area contributed by atoms with Crippen LogP contribution in [0.2, 0.25) is 0 Å². The van der Waals surface area contributed by atoms with Crippen molar-refractivity contribution in [1.29, 1.82) is 0 Å². The molecule has 0 spiro atoms. The fraction of sp³-hybridized carbons (Fsp3) is 0.611. The predicted molar refractivity (Wildman–Crippen MR) is 91.8 cm³/mol. The first kappa shape index (κ1) is 16.7. The maximum atomic E-state index is 12.6. The Balaban J connectivity index is 2.12. The first-order valence-electron chi connectivity index (χ1n) is 7.67. The van der Waals surface area contributed by atoms with Crippen molar-refractivity contribution in [2.45, 2.75) is 65.0 Å². The fourth-order valence-corrected chi connectivity index (χ4v) is 4.47. The van der Waals surface area contributed by atoms with Crippen LogP contribution in [-0.4, -0.2) is 16.9 Å². The number of aryl methyl sites for hydroxylation is 1. The summed E-state index contributed by atoms with van der Waals surface area (Å²) in [5.74, 6) is 0.727. The summed E-state index contributed by atoms with van der Waals surface area (Å²) < 4.78 is 1.03. The molecule has 0 aromatic heterocycles. The van der Waals surface area contributed by atoms with E-state index in [0.29, 0.717) is 12.3 Å². The molecule has 0 radical (unpaired) electrons. The van der Waals surface area contributed by atoms with Gasteiger partial charge in [0.25, 0.3) is 0 Å². The molecule has 0 unspecified atom stereocenters. The predicted octanol–water partition coefficient (Wildman–Crippen LogP) is 4.89. The van der Waals surface area contributed by atoms with Crippen molar-refractivity contribution in [3.05, 3.63) is 33.8 Å². The molecular formula is C18H26BrNO. The van der Waals surface area contributed by atoms with E-state index in [-0.39, 0.29) is 16.9 Å². The minimum Gasteiger partial charge on any atom is -0.307 e. The van der Waals surface area contributed by atoms with Crippen LogP contribution in [-0.2, 0) is 0 Å². The zero-order chi connectivity index (χ0) is 15.8.